The summed E-state index contributed by atoms with van der Waals surface area (Å²) in [5, 5.41) is 0. The first-order chi connectivity index (χ1) is 10.8. The molecule has 0 bridgehead atoms. The molecule has 6 nitrogen and oxygen atoms in total. The summed E-state index contributed by atoms with van der Waals surface area (Å²) in [5.74, 6) is 2.66. The van der Waals surface area contributed by atoms with Gasteiger partial charge in [-0.1, -0.05) is 0 Å². The summed E-state index contributed by atoms with van der Waals surface area (Å²) < 4.78 is 24.0. The number of imidazole rings is 1. The molecule has 0 aliphatic carbocycles. The zero-order valence-electron chi connectivity index (χ0n) is 13.0. The van der Waals surface area contributed by atoms with Crippen LogP contribution in [0.1, 0.15) is 12.5 Å². The van der Waals surface area contributed by atoms with Crippen LogP contribution in [0, 0.1) is 0 Å². The fourth-order valence-electron chi connectivity index (χ4n) is 2.84. The monoisotopic (exact) mass is 304 g/mol. The highest BCUT2D eigenvalue weighted by molar-refractivity contribution is 5.72. The van der Waals surface area contributed by atoms with Crippen molar-refractivity contribution in [3.05, 3.63) is 24.5 Å². The third-order valence-corrected chi connectivity index (χ3v) is 3.91. The number of benzene rings is 1. The van der Waals surface area contributed by atoms with E-state index in [9.17, 15) is 0 Å². The van der Waals surface area contributed by atoms with Crippen LogP contribution >= 0.6 is 0 Å². The minimum absolute atomic E-state index is 0.301. The Bertz CT molecular complexity index is 648. The van der Waals surface area contributed by atoms with E-state index < -0.39 is 0 Å². The smallest absolute Gasteiger partial charge is 0.204 e. The van der Waals surface area contributed by atoms with Gasteiger partial charge >= 0.3 is 0 Å². The molecular formula is C16H20N2O4. The van der Waals surface area contributed by atoms with Crippen molar-refractivity contribution in [1.82, 2.24) is 9.55 Å². The predicted octanol–water partition coefficient (Wildman–Crippen LogP) is 2.54. The van der Waals surface area contributed by atoms with Crippen molar-refractivity contribution in [3.8, 4) is 28.6 Å². The van der Waals surface area contributed by atoms with Crippen LogP contribution in [0.2, 0.25) is 0 Å². The van der Waals surface area contributed by atoms with Crippen LogP contribution < -0.4 is 14.2 Å². The maximum atomic E-state index is 5.56. The summed E-state index contributed by atoms with van der Waals surface area (Å²) in [6.45, 7) is 1.49. The van der Waals surface area contributed by atoms with Gasteiger partial charge < -0.3 is 23.5 Å². The Hall–Kier alpha value is -2.21. The van der Waals surface area contributed by atoms with Gasteiger partial charge in [0.15, 0.2) is 11.5 Å². The Morgan fingerprint density at radius 2 is 1.95 bits per heavy atom. The Labute approximate surface area is 129 Å². The molecule has 3 rings (SSSR count). The van der Waals surface area contributed by atoms with Crippen LogP contribution in [0.5, 0.6) is 17.2 Å². The molecule has 0 spiro atoms. The van der Waals surface area contributed by atoms with E-state index in [1.165, 1.54) is 0 Å². The van der Waals surface area contributed by atoms with Gasteiger partial charge in [-0.05, 0) is 18.6 Å². The first-order valence-electron chi connectivity index (χ1n) is 7.20. The topological polar surface area (TPSA) is 54.7 Å². The zero-order chi connectivity index (χ0) is 15.5. The average Bonchev–Trinajstić information content (AvgIpc) is 3.23. The van der Waals surface area contributed by atoms with Gasteiger partial charge in [0.25, 0.3) is 0 Å². The third-order valence-electron chi connectivity index (χ3n) is 3.91. The van der Waals surface area contributed by atoms with Crippen molar-refractivity contribution in [3.63, 3.8) is 0 Å². The van der Waals surface area contributed by atoms with Gasteiger partial charge in [0.1, 0.15) is 5.82 Å². The molecule has 1 unspecified atom stereocenters. The van der Waals surface area contributed by atoms with E-state index in [4.69, 9.17) is 18.9 Å². The highest BCUT2D eigenvalue weighted by Crippen LogP contribution is 2.44. The first-order valence-corrected chi connectivity index (χ1v) is 7.20. The van der Waals surface area contributed by atoms with E-state index in [-0.39, 0.29) is 0 Å². The minimum atomic E-state index is 0.301. The number of ether oxygens (including phenoxy) is 4. The molecule has 2 heterocycles. The number of aromatic nitrogens is 2. The van der Waals surface area contributed by atoms with Gasteiger partial charge in [0, 0.05) is 19.0 Å². The lowest BCUT2D eigenvalue weighted by atomic mass is 10.1. The Kier molecular flexibility index (Phi) is 4.20. The summed E-state index contributed by atoms with van der Waals surface area (Å²) in [6.07, 6.45) is 4.76. The molecule has 118 valence electrons. The summed E-state index contributed by atoms with van der Waals surface area (Å²) in [6, 6.07) is 4.10. The number of hydrogen-bond donors (Lipinski definition) is 0. The van der Waals surface area contributed by atoms with Gasteiger partial charge in [0.2, 0.25) is 5.75 Å². The molecule has 2 aromatic rings. The molecule has 1 aromatic carbocycles. The van der Waals surface area contributed by atoms with E-state index in [1.54, 1.807) is 27.5 Å². The van der Waals surface area contributed by atoms with Crippen LogP contribution in [0.3, 0.4) is 0 Å². The fourth-order valence-corrected chi connectivity index (χ4v) is 2.84. The Morgan fingerprint density at radius 1 is 1.14 bits per heavy atom. The second-order valence-electron chi connectivity index (χ2n) is 5.06. The van der Waals surface area contributed by atoms with Gasteiger partial charge in [0.05, 0.1) is 39.5 Å². The van der Waals surface area contributed by atoms with Crippen molar-refractivity contribution >= 4 is 0 Å². The Balaban J connectivity index is 2.10. The quantitative estimate of drug-likeness (QED) is 0.849. The van der Waals surface area contributed by atoms with Gasteiger partial charge in [-0.2, -0.15) is 0 Å². The number of nitrogens with zero attached hydrogens (tertiary/aromatic N) is 2. The van der Waals surface area contributed by atoms with Crippen molar-refractivity contribution in [2.24, 2.45) is 0 Å². The SMILES string of the molecule is COc1ccc(-c2nccn2C2CCOC2)c(OC)c1OC. The van der Waals surface area contributed by atoms with E-state index in [0.717, 1.165) is 24.4 Å². The van der Waals surface area contributed by atoms with Gasteiger partial charge in [-0.15, -0.1) is 0 Å². The molecule has 1 aromatic heterocycles. The maximum Gasteiger partial charge on any atom is 0.204 e. The summed E-state index contributed by atoms with van der Waals surface area (Å²) in [4.78, 5) is 4.50. The van der Waals surface area contributed by atoms with E-state index >= 15 is 0 Å². The lowest BCUT2D eigenvalue weighted by Gasteiger charge is -2.18. The van der Waals surface area contributed by atoms with Crippen molar-refractivity contribution in [2.45, 2.75) is 12.5 Å². The van der Waals surface area contributed by atoms with Crippen LogP contribution in [-0.4, -0.2) is 44.1 Å². The molecule has 0 radical (unpaired) electrons. The molecule has 1 fully saturated rings. The lowest BCUT2D eigenvalue weighted by molar-refractivity contribution is 0.187. The van der Waals surface area contributed by atoms with Crippen LogP contribution in [0.4, 0.5) is 0 Å². The van der Waals surface area contributed by atoms with Crippen LogP contribution in [0.15, 0.2) is 24.5 Å². The molecule has 0 N–H and O–H groups in total. The molecule has 0 saturated carbocycles. The average molecular weight is 304 g/mol. The molecule has 0 amide bonds. The number of methoxy groups -OCH3 is 3. The molecular weight excluding hydrogens is 284 g/mol. The van der Waals surface area contributed by atoms with Crippen molar-refractivity contribution in [2.75, 3.05) is 34.5 Å². The van der Waals surface area contributed by atoms with Crippen molar-refractivity contribution < 1.29 is 18.9 Å². The largest absolute Gasteiger partial charge is 0.493 e. The molecule has 6 heteroatoms. The van der Waals surface area contributed by atoms with Gasteiger partial charge in [-0.3, -0.25) is 0 Å². The first kappa shape index (κ1) is 14.7. The van der Waals surface area contributed by atoms with E-state index in [1.807, 2.05) is 18.3 Å². The predicted molar refractivity (Wildman–Crippen MR) is 81.8 cm³/mol. The van der Waals surface area contributed by atoms with Crippen LogP contribution in [-0.2, 0) is 4.74 Å². The second kappa shape index (κ2) is 6.27. The molecule has 1 aliphatic heterocycles. The minimum Gasteiger partial charge on any atom is -0.493 e. The molecule has 1 aliphatic rings. The summed E-state index contributed by atoms with van der Waals surface area (Å²) in [7, 11) is 4.82. The second-order valence-corrected chi connectivity index (χ2v) is 5.06. The summed E-state index contributed by atoms with van der Waals surface area (Å²) in [5.41, 5.74) is 0.872. The maximum absolute atomic E-state index is 5.56. The Morgan fingerprint density at radius 3 is 2.59 bits per heavy atom. The highest BCUT2D eigenvalue weighted by atomic mass is 16.5. The van der Waals surface area contributed by atoms with Crippen molar-refractivity contribution in [1.29, 1.82) is 0 Å². The highest BCUT2D eigenvalue weighted by Gasteiger charge is 2.24. The fraction of sp³-hybridized carbons (Fsp3) is 0.438. The number of rotatable bonds is 5. The van der Waals surface area contributed by atoms with Gasteiger partial charge in [-0.25, -0.2) is 4.98 Å². The molecule has 1 saturated heterocycles. The lowest BCUT2D eigenvalue weighted by Crippen LogP contribution is -2.10. The standard InChI is InChI=1S/C16H20N2O4/c1-19-13-5-4-12(14(20-2)15(13)21-3)16-17-7-8-18(16)11-6-9-22-10-11/h4-5,7-8,11H,6,9-10H2,1-3H3. The van der Waals surface area contributed by atoms with Crippen LogP contribution in [0.25, 0.3) is 11.4 Å². The zero-order valence-corrected chi connectivity index (χ0v) is 13.0. The number of hydrogen-bond acceptors (Lipinski definition) is 5. The van der Waals surface area contributed by atoms with E-state index in [2.05, 4.69) is 9.55 Å². The van der Waals surface area contributed by atoms with E-state index in [0.29, 0.717) is 29.9 Å². The molecule has 1 atom stereocenters. The third kappa shape index (κ3) is 2.39. The normalized spacial score (nSPS) is 17.5. The molecule has 22 heavy (non-hydrogen) atoms. The summed E-state index contributed by atoms with van der Waals surface area (Å²) >= 11 is 0.